The molecule has 0 saturated carbocycles. The predicted molar refractivity (Wildman–Crippen MR) is 141 cm³/mol. The zero-order chi connectivity index (χ0) is 23.5. The van der Waals surface area contributed by atoms with Gasteiger partial charge >= 0.3 is 0 Å². The van der Waals surface area contributed by atoms with Crippen molar-refractivity contribution in [2.45, 2.75) is 6.61 Å². The van der Waals surface area contributed by atoms with Gasteiger partial charge in [0.25, 0.3) is 5.91 Å². The number of benzene rings is 3. The van der Waals surface area contributed by atoms with Crippen molar-refractivity contribution in [1.29, 1.82) is 0 Å². The molecule has 1 aliphatic heterocycles. The molecule has 3 aromatic rings. The molecule has 3 aromatic carbocycles. The second-order valence-corrected chi connectivity index (χ2v) is 9.86. The number of nitrogens with zero attached hydrogens (tertiary/aromatic N) is 1. The molecule has 0 radical (unpaired) electrons. The molecule has 33 heavy (non-hydrogen) atoms. The van der Waals surface area contributed by atoms with E-state index in [0.717, 1.165) is 5.56 Å². The van der Waals surface area contributed by atoms with Crippen molar-refractivity contribution >= 4 is 80.8 Å². The van der Waals surface area contributed by atoms with Crippen LogP contribution in [0.1, 0.15) is 11.1 Å². The Morgan fingerprint density at radius 1 is 1.03 bits per heavy atom. The summed E-state index contributed by atoms with van der Waals surface area (Å²) in [5.41, 5.74) is 2.06. The first-order valence-corrected chi connectivity index (χ1v) is 12.0. The molecule has 1 aliphatic rings. The molecule has 0 bridgehead atoms. The summed E-state index contributed by atoms with van der Waals surface area (Å²) in [7, 11) is 1.56. The lowest BCUT2D eigenvalue weighted by atomic mass is 10.1. The molecule has 0 atom stereocenters. The topological polar surface area (TPSA) is 38.8 Å². The number of thiocarbonyl (C=S) groups is 1. The summed E-state index contributed by atoms with van der Waals surface area (Å²) in [6.45, 7) is 0.195. The maximum absolute atomic E-state index is 13.2. The van der Waals surface area contributed by atoms with Crippen LogP contribution in [0.4, 0.5) is 5.69 Å². The van der Waals surface area contributed by atoms with E-state index in [1.165, 1.54) is 16.7 Å². The summed E-state index contributed by atoms with van der Waals surface area (Å²) in [6.07, 6.45) is 1.74. The molecule has 0 spiro atoms. The van der Waals surface area contributed by atoms with E-state index in [4.69, 9.17) is 56.5 Å². The van der Waals surface area contributed by atoms with Crippen LogP contribution in [-0.4, -0.2) is 17.3 Å². The summed E-state index contributed by atoms with van der Waals surface area (Å²) in [6, 6.07) is 17.7. The number of carbonyl (C=O) groups excluding carboxylic acids is 1. The number of hydrogen-bond donors (Lipinski definition) is 0. The van der Waals surface area contributed by atoms with Crippen LogP contribution in [0.15, 0.2) is 65.6 Å². The van der Waals surface area contributed by atoms with E-state index in [-0.39, 0.29) is 12.5 Å². The number of thioether (sulfide) groups is 1. The van der Waals surface area contributed by atoms with Crippen LogP contribution in [-0.2, 0) is 11.4 Å². The minimum atomic E-state index is -0.234. The summed E-state index contributed by atoms with van der Waals surface area (Å²) >= 11 is 25.0. The summed E-state index contributed by atoms with van der Waals surface area (Å²) < 4.78 is 12.0. The Hall–Kier alpha value is -2.22. The van der Waals surface area contributed by atoms with Gasteiger partial charge in [-0.05, 0) is 42.5 Å². The number of para-hydroxylation sites is 1. The number of halogens is 3. The van der Waals surface area contributed by atoms with Gasteiger partial charge in [0.05, 0.1) is 17.7 Å². The first kappa shape index (κ1) is 23.9. The van der Waals surface area contributed by atoms with E-state index in [9.17, 15) is 4.79 Å². The molecule has 1 saturated heterocycles. The minimum Gasteiger partial charge on any atom is -0.493 e. The largest absolute Gasteiger partial charge is 0.493 e. The van der Waals surface area contributed by atoms with Gasteiger partial charge in [0, 0.05) is 26.2 Å². The van der Waals surface area contributed by atoms with Crippen LogP contribution in [0.25, 0.3) is 6.08 Å². The lowest BCUT2D eigenvalue weighted by molar-refractivity contribution is -0.113. The molecule has 4 rings (SSSR count). The SMILES string of the molecule is COc1cccc(/C=C2\SC(=S)N(c3cccc(Cl)c3)C2=O)c1OCc1ccc(Cl)cc1Cl. The average Bonchev–Trinajstić information content (AvgIpc) is 3.06. The highest BCUT2D eigenvalue weighted by molar-refractivity contribution is 8.27. The van der Waals surface area contributed by atoms with Gasteiger partial charge in [0.1, 0.15) is 6.61 Å². The van der Waals surface area contributed by atoms with E-state index in [0.29, 0.717) is 47.0 Å². The van der Waals surface area contributed by atoms with E-state index in [1.54, 1.807) is 61.7 Å². The van der Waals surface area contributed by atoms with E-state index in [2.05, 4.69) is 0 Å². The number of ether oxygens (including phenoxy) is 2. The van der Waals surface area contributed by atoms with Gasteiger partial charge < -0.3 is 9.47 Å². The lowest BCUT2D eigenvalue weighted by Crippen LogP contribution is -2.27. The highest BCUT2D eigenvalue weighted by atomic mass is 35.5. The Bertz CT molecular complexity index is 1280. The Kier molecular flexibility index (Phi) is 7.51. The minimum absolute atomic E-state index is 0.195. The van der Waals surface area contributed by atoms with Crippen LogP contribution < -0.4 is 14.4 Å². The van der Waals surface area contributed by atoms with Crippen molar-refractivity contribution in [1.82, 2.24) is 0 Å². The van der Waals surface area contributed by atoms with Gasteiger partial charge in [-0.15, -0.1) is 0 Å². The van der Waals surface area contributed by atoms with Crippen molar-refractivity contribution in [3.63, 3.8) is 0 Å². The Labute approximate surface area is 216 Å². The molecule has 4 nitrogen and oxygen atoms in total. The van der Waals surface area contributed by atoms with E-state index in [1.807, 2.05) is 12.1 Å². The van der Waals surface area contributed by atoms with Crippen molar-refractivity contribution < 1.29 is 14.3 Å². The zero-order valence-electron chi connectivity index (χ0n) is 17.2. The fourth-order valence-electron chi connectivity index (χ4n) is 3.20. The van der Waals surface area contributed by atoms with E-state index >= 15 is 0 Å². The number of rotatable bonds is 6. The van der Waals surface area contributed by atoms with Crippen LogP contribution >= 0.6 is 58.8 Å². The normalized spacial score (nSPS) is 14.8. The molecule has 1 amide bonds. The maximum atomic E-state index is 13.2. The predicted octanol–water partition coefficient (Wildman–Crippen LogP) is 7.64. The zero-order valence-corrected chi connectivity index (χ0v) is 21.1. The standard InChI is InChI=1S/C24H16Cl3NO3S2/c1-30-20-7-2-4-14(22(20)31-13-15-8-9-17(26)12-19(15)27)10-21-23(29)28(24(32)33-21)18-6-3-5-16(25)11-18/h2-12H,13H2,1H3/b21-10-. The highest BCUT2D eigenvalue weighted by Crippen LogP contribution is 2.40. The highest BCUT2D eigenvalue weighted by Gasteiger charge is 2.33. The molecule has 1 heterocycles. The third-order valence-electron chi connectivity index (χ3n) is 4.76. The smallest absolute Gasteiger partial charge is 0.270 e. The molecular weight excluding hydrogens is 521 g/mol. The van der Waals surface area contributed by atoms with Gasteiger partial charge in [-0.3, -0.25) is 9.69 Å². The van der Waals surface area contributed by atoms with Crippen molar-refractivity contribution in [3.8, 4) is 11.5 Å². The Morgan fingerprint density at radius 2 is 1.79 bits per heavy atom. The summed E-state index contributed by atoms with van der Waals surface area (Å²) in [5, 5.41) is 1.57. The quantitative estimate of drug-likeness (QED) is 0.239. The molecule has 1 fully saturated rings. The molecule has 0 unspecified atom stereocenters. The number of hydrogen-bond acceptors (Lipinski definition) is 5. The van der Waals surface area contributed by atoms with Crippen LogP contribution in [0.5, 0.6) is 11.5 Å². The van der Waals surface area contributed by atoms with Crippen molar-refractivity contribution in [3.05, 3.63) is 91.8 Å². The molecule has 168 valence electrons. The number of methoxy groups -OCH3 is 1. The van der Waals surface area contributed by atoms with Crippen LogP contribution in [0.3, 0.4) is 0 Å². The second kappa shape index (κ2) is 10.4. The molecule has 9 heteroatoms. The molecule has 0 N–H and O–H groups in total. The van der Waals surface area contributed by atoms with Gasteiger partial charge in [0.15, 0.2) is 15.8 Å². The Balaban J connectivity index is 1.65. The van der Waals surface area contributed by atoms with Gasteiger partial charge in [0.2, 0.25) is 0 Å². The van der Waals surface area contributed by atoms with Crippen LogP contribution in [0.2, 0.25) is 15.1 Å². The van der Waals surface area contributed by atoms with Gasteiger partial charge in [-0.1, -0.05) is 83.0 Å². The molecule has 0 aliphatic carbocycles. The third-order valence-corrected chi connectivity index (χ3v) is 6.89. The summed E-state index contributed by atoms with van der Waals surface area (Å²) in [5.74, 6) is 0.778. The van der Waals surface area contributed by atoms with E-state index < -0.39 is 0 Å². The maximum Gasteiger partial charge on any atom is 0.270 e. The van der Waals surface area contributed by atoms with Gasteiger partial charge in [-0.25, -0.2) is 0 Å². The third kappa shape index (κ3) is 5.31. The Morgan fingerprint density at radius 3 is 2.52 bits per heavy atom. The second-order valence-electron chi connectivity index (χ2n) is 6.90. The van der Waals surface area contributed by atoms with Crippen LogP contribution in [0, 0.1) is 0 Å². The number of carbonyl (C=O) groups is 1. The monoisotopic (exact) mass is 535 g/mol. The summed E-state index contributed by atoms with van der Waals surface area (Å²) in [4.78, 5) is 15.1. The lowest BCUT2D eigenvalue weighted by Gasteiger charge is -2.15. The first-order chi connectivity index (χ1) is 15.9. The fraction of sp³-hybridized carbons (Fsp3) is 0.0833. The van der Waals surface area contributed by atoms with Gasteiger partial charge in [-0.2, -0.15) is 0 Å². The number of anilines is 1. The van der Waals surface area contributed by atoms with Crippen molar-refractivity contribution in [2.75, 3.05) is 12.0 Å². The molecule has 0 aromatic heterocycles. The average molecular weight is 537 g/mol. The van der Waals surface area contributed by atoms with Crippen molar-refractivity contribution in [2.24, 2.45) is 0 Å². The fourth-order valence-corrected chi connectivity index (χ4v) is 5.13. The molecular formula is C24H16Cl3NO3S2. The first-order valence-electron chi connectivity index (χ1n) is 9.64. The number of amides is 1.